The molecule has 15 nitrogen and oxygen atoms in total. The largest absolute Gasteiger partial charge is 0.573 e. The van der Waals surface area contributed by atoms with Crippen LogP contribution in [0.15, 0.2) is 88.6 Å². The predicted octanol–water partition coefficient (Wildman–Crippen LogP) is 7.02. The van der Waals surface area contributed by atoms with Gasteiger partial charge in [-0.15, -0.1) is 24.5 Å². The van der Waals surface area contributed by atoms with Gasteiger partial charge in [0.15, 0.2) is 5.16 Å². The number of carbonyl (C=O) groups is 3. The molecule has 6 rings (SSSR count). The summed E-state index contributed by atoms with van der Waals surface area (Å²) in [5.74, 6) is -2.00. The molecule has 3 aromatic carbocycles. The second kappa shape index (κ2) is 21.6. The third-order valence-corrected chi connectivity index (χ3v) is 12.0. The van der Waals surface area contributed by atoms with Gasteiger partial charge in [-0.05, 0) is 62.7 Å². The Morgan fingerprint density at radius 2 is 1.65 bits per heavy atom. The number of ether oxygens (including phenoxy) is 2. The van der Waals surface area contributed by atoms with Crippen molar-refractivity contribution < 1.29 is 37.0 Å². The third-order valence-electron chi connectivity index (χ3n) is 9.69. The molecule has 3 amide bonds. The predicted molar refractivity (Wildman–Crippen MR) is 248 cm³/mol. The highest BCUT2D eigenvalue weighted by molar-refractivity contribution is 7.99. The average molecular weight is 949 g/mol. The van der Waals surface area contributed by atoms with Gasteiger partial charge in [-0.1, -0.05) is 65.8 Å². The molecule has 5 aromatic rings. The van der Waals surface area contributed by atoms with Gasteiger partial charge in [-0.3, -0.25) is 35.1 Å². The molecule has 0 saturated carbocycles. The molecule has 1 atom stereocenters. The van der Waals surface area contributed by atoms with Crippen LogP contribution in [0.1, 0.15) is 51.0 Å². The summed E-state index contributed by atoms with van der Waals surface area (Å²) in [6.45, 7) is 6.05. The minimum atomic E-state index is -4.98. The van der Waals surface area contributed by atoms with Crippen molar-refractivity contribution in [3.63, 3.8) is 0 Å². The van der Waals surface area contributed by atoms with E-state index in [-0.39, 0.29) is 84.9 Å². The summed E-state index contributed by atoms with van der Waals surface area (Å²) in [5.41, 5.74) is 10.2. The molecule has 65 heavy (non-hydrogen) atoms. The third kappa shape index (κ3) is 12.7. The first kappa shape index (κ1) is 48.1. The molecular formula is C44H44ClF3N10O5S2. The van der Waals surface area contributed by atoms with Crippen molar-refractivity contribution in [3.8, 4) is 5.75 Å². The standard InChI is InChI=1S/C44H44ClF3N10O5S2/c1-24-25(2)65-42-38(24)39(27-12-14-28(45)15-13-27)55-34(40(51)58(42)26(3)49)21-36(59)52-16-18-62-19-17-53-37(60)23-64-43-56-32-10-6-4-8-30(32)33(57-43)20-29(50)22-54-41(61)31-9-5-7-11-35(31)63-44(46,47)48/h4-15,20,34,49,51H,16-19,21-23,50H2,1-3H3,(H,52,59)(H,53,60)(H,54,61)/b29-20-,49-26?,51-40?/t34-/m0/s1. The van der Waals surface area contributed by atoms with Crippen LogP contribution in [0.5, 0.6) is 5.75 Å². The van der Waals surface area contributed by atoms with Crippen molar-refractivity contribution in [2.75, 3.05) is 43.5 Å². The number of thiophene rings is 1. The molecule has 0 radical (unpaired) electrons. The summed E-state index contributed by atoms with van der Waals surface area (Å²) in [5, 5.41) is 27.9. The Hall–Kier alpha value is -6.35. The fourth-order valence-electron chi connectivity index (χ4n) is 6.57. The number of hydrogen-bond donors (Lipinski definition) is 6. The number of nitrogens with zero attached hydrogens (tertiary/aromatic N) is 4. The quantitative estimate of drug-likeness (QED) is 0.0184. The average Bonchev–Trinajstić information content (AvgIpc) is 3.47. The lowest BCUT2D eigenvalue weighted by molar-refractivity contribution is -0.274. The Labute approximate surface area is 385 Å². The summed E-state index contributed by atoms with van der Waals surface area (Å²) in [6, 6.07) is 18.4. The first-order chi connectivity index (χ1) is 31.0. The highest BCUT2D eigenvalue weighted by Gasteiger charge is 2.35. The van der Waals surface area contributed by atoms with Crippen LogP contribution in [0.4, 0.5) is 18.2 Å². The molecule has 1 aliphatic heterocycles. The number of aryl methyl sites for hydroxylation is 1. The number of benzene rings is 3. The van der Waals surface area contributed by atoms with Gasteiger partial charge in [0.1, 0.15) is 28.5 Å². The molecule has 2 aromatic heterocycles. The van der Waals surface area contributed by atoms with Crippen LogP contribution in [0, 0.1) is 24.7 Å². The maximum atomic E-state index is 13.2. The Balaban J connectivity index is 0.964. The number of aromatic nitrogens is 2. The van der Waals surface area contributed by atoms with Crippen LogP contribution < -0.4 is 31.3 Å². The van der Waals surface area contributed by atoms with Gasteiger partial charge in [0.05, 0.1) is 54.4 Å². The fraction of sp³-hybridized carbons (Fsp3) is 0.273. The van der Waals surface area contributed by atoms with Gasteiger partial charge in [0.2, 0.25) is 11.8 Å². The lowest BCUT2D eigenvalue weighted by Crippen LogP contribution is -2.42. The summed E-state index contributed by atoms with van der Waals surface area (Å²) in [6.07, 6.45) is -3.60. The van der Waals surface area contributed by atoms with Crippen molar-refractivity contribution in [1.29, 1.82) is 10.8 Å². The van der Waals surface area contributed by atoms with E-state index in [0.29, 0.717) is 32.3 Å². The molecule has 0 unspecified atom stereocenters. The van der Waals surface area contributed by atoms with Gasteiger partial charge in [-0.25, -0.2) is 9.97 Å². The number of hydrogen-bond acceptors (Lipinski definition) is 13. The Bertz CT molecular complexity index is 2680. The smallest absolute Gasteiger partial charge is 0.405 e. The van der Waals surface area contributed by atoms with E-state index in [0.717, 1.165) is 39.4 Å². The van der Waals surface area contributed by atoms with Gasteiger partial charge < -0.3 is 31.2 Å². The summed E-state index contributed by atoms with van der Waals surface area (Å²) >= 11 is 8.74. The highest BCUT2D eigenvalue weighted by atomic mass is 35.5. The van der Waals surface area contributed by atoms with Crippen molar-refractivity contribution in [2.24, 2.45) is 10.7 Å². The maximum absolute atomic E-state index is 13.2. The number of nitrogens with two attached hydrogens (primary N) is 1. The van der Waals surface area contributed by atoms with Gasteiger partial charge in [0, 0.05) is 45.2 Å². The minimum absolute atomic E-state index is 0.0184. The van der Waals surface area contributed by atoms with E-state index >= 15 is 0 Å². The van der Waals surface area contributed by atoms with E-state index in [1.54, 1.807) is 48.2 Å². The number of rotatable bonds is 17. The van der Waals surface area contributed by atoms with Crippen molar-refractivity contribution >= 4 is 91.8 Å². The molecule has 340 valence electrons. The molecule has 0 spiro atoms. The molecule has 3 heterocycles. The molecule has 0 bridgehead atoms. The maximum Gasteiger partial charge on any atom is 0.573 e. The number of fused-ring (bicyclic) bond motifs is 2. The van der Waals surface area contributed by atoms with E-state index in [2.05, 4.69) is 30.7 Å². The van der Waals surface area contributed by atoms with Crippen LogP contribution in [0.25, 0.3) is 17.0 Å². The monoisotopic (exact) mass is 948 g/mol. The zero-order chi connectivity index (χ0) is 46.8. The lowest BCUT2D eigenvalue weighted by Gasteiger charge is -2.24. The number of halogens is 4. The summed E-state index contributed by atoms with van der Waals surface area (Å²) in [4.78, 5) is 55.2. The molecular weight excluding hydrogens is 905 g/mol. The van der Waals surface area contributed by atoms with E-state index in [1.165, 1.54) is 35.6 Å². The second-order valence-electron chi connectivity index (χ2n) is 14.4. The number of carbonyl (C=O) groups excluding carboxylic acids is 3. The van der Waals surface area contributed by atoms with Crippen LogP contribution in [-0.4, -0.2) is 96.1 Å². The minimum Gasteiger partial charge on any atom is -0.405 e. The van der Waals surface area contributed by atoms with E-state index in [1.807, 2.05) is 26.0 Å². The van der Waals surface area contributed by atoms with Crippen molar-refractivity contribution in [2.45, 2.75) is 44.8 Å². The number of anilines is 1. The molecule has 0 aliphatic carbocycles. The number of thioether (sulfide) groups is 1. The Morgan fingerprint density at radius 3 is 2.35 bits per heavy atom. The second-order valence-corrected chi connectivity index (χ2v) is 17.0. The summed E-state index contributed by atoms with van der Waals surface area (Å²) < 4.78 is 48.1. The Morgan fingerprint density at radius 1 is 0.969 bits per heavy atom. The normalized spacial score (nSPS) is 14.0. The van der Waals surface area contributed by atoms with Gasteiger partial charge in [0.25, 0.3) is 5.91 Å². The van der Waals surface area contributed by atoms with Crippen molar-refractivity contribution in [3.05, 3.63) is 116 Å². The molecule has 1 aliphatic rings. The fourth-order valence-corrected chi connectivity index (χ4v) is 8.61. The van der Waals surface area contributed by atoms with Gasteiger partial charge in [-0.2, -0.15) is 0 Å². The van der Waals surface area contributed by atoms with E-state index < -0.39 is 24.1 Å². The molecule has 7 N–H and O–H groups in total. The van der Waals surface area contributed by atoms with Crippen LogP contribution in [0.2, 0.25) is 5.02 Å². The number of aliphatic imine (C=N–C) groups is 1. The number of amidine groups is 2. The lowest BCUT2D eigenvalue weighted by atomic mass is 9.99. The van der Waals surface area contributed by atoms with Crippen LogP contribution in [0.3, 0.4) is 0 Å². The molecule has 21 heteroatoms. The number of para-hydroxylation sites is 2. The first-order valence-electron chi connectivity index (χ1n) is 20.0. The molecule has 0 saturated heterocycles. The van der Waals surface area contributed by atoms with Crippen molar-refractivity contribution in [1.82, 2.24) is 25.9 Å². The number of amides is 3. The number of alkyl halides is 3. The first-order valence-corrected chi connectivity index (χ1v) is 22.1. The summed E-state index contributed by atoms with van der Waals surface area (Å²) in [7, 11) is 0. The van der Waals surface area contributed by atoms with Gasteiger partial charge >= 0.3 is 6.36 Å². The van der Waals surface area contributed by atoms with E-state index in [9.17, 15) is 27.6 Å². The number of nitrogens with one attached hydrogen (secondary N) is 5. The van der Waals surface area contributed by atoms with Crippen LogP contribution >= 0.6 is 34.7 Å². The zero-order valence-corrected chi connectivity index (χ0v) is 37.7. The Kier molecular flexibility index (Phi) is 16.0. The topological polar surface area (TPSA) is 221 Å². The molecule has 0 fully saturated rings. The van der Waals surface area contributed by atoms with E-state index in [4.69, 9.17) is 37.9 Å². The zero-order valence-electron chi connectivity index (χ0n) is 35.3. The SMILES string of the molecule is CC(=N)N1C(=N)[C@H](CC(=O)NCCOCCNC(=O)CSc2nc(/C=C(\N)CNC(=O)c3ccccc3OC(F)(F)F)c3ccccc3n2)N=C(c2ccc(Cl)cc2)c2c1sc(C)c2C. The van der Waals surface area contributed by atoms with Crippen LogP contribution in [-0.2, 0) is 14.3 Å². The highest BCUT2D eigenvalue weighted by Crippen LogP contribution is 2.40.